The molecule has 0 saturated heterocycles. The van der Waals surface area contributed by atoms with Crippen molar-refractivity contribution in [1.29, 1.82) is 0 Å². The number of sulfonamides is 1. The summed E-state index contributed by atoms with van der Waals surface area (Å²) in [7, 11) is -3.70. The highest BCUT2D eigenvalue weighted by Gasteiger charge is 2.12. The molecular weight excluding hydrogens is 344 g/mol. The van der Waals surface area contributed by atoms with Crippen molar-refractivity contribution >= 4 is 27.7 Å². The van der Waals surface area contributed by atoms with Crippen LogP contribution in [0.3, 0.4) is 0 Å². The number of carbonyl (C=O) groups is 1. The molecule has 2 aromatic rings. The van der Waals surface area contributed by atoms with E-state index in [2.05, 4.69) is 5.32 Å². The van der Waals surface area contributed by atoms with Gasteiger partial charge in [-0.3, -0.25) is 4.79 Å². The Morgan fingerprint density at radius 3 is 2.38 bits per heavy atom. The quantitative estimate of drug-likeness (QED) is 0.771. The van der Waals surface area contributed by atoms with Gasteiger partial charge in [0.15, 0.2) is 0 Å². The molecule has 0 fully saturated rings. The highest BCUT2D eigenvalue weighted by atomic mass is 32.2. The van der Waals surface area contributed by atoms with Crippen molar-refractivity contribution in [2.75, 3.05) is 5.75 Å². The van der Waals surface area contributed by atoms with Gasteiger partial charge in [0, 0.05) is 4.90 Å². The first-order chi connectivity index (χ1) is 11.3. The second kappa shape index (κ2) is 7.83. The molecule has 128 valence electrons. The normalized spacial score (nSPS) is 12.6. The average molecular weight is 364 g/mol. The number of amides is 1. The molecule has 2 aromatic carbocycles. The maximum absolute atomic E-state index is 12.1. The van der Waals surface area contributed by atoms with Crippen molar-refractivity contribution in [3.8, 4) is 0 Å². The van der Waals surface area contributed by atoms with Crippen molar-refractivity contribution in [3.63, 3.8) is 0 Å². The van der Waals surface area contributed by atoms with Crippen LogP contribution in [0.1, 0.15) is 24.1 Å². The smallest absolute Gasteiger partial charge is 0.238 e. The third-order valence-electron chi connectivity index (χ3n) is 3.54. The summed E-state index contributed by atoms with van der Waals surface area (Å²) in [6.07, 6.45) is 0. The van der Waals surface area contributed by atoms with Crippen molar-refractivity contribution in [2.24, 2.45) is 5.14 Å². The average Bonchev–Trinajstić information content (AvgIpc) is 2.53. The van der Waals surface area contributed by atoms with Crippen LogP contribution in [0.15, 0.2) is 58.3 Å². The molecule has 3 N–H and O–H groups in total. The summed E-state index contributed by atoms with van der Waals surface area (Å²) in [5, 5.41) is 7.97. The summed E-state index contributed by atoms with van der Waals surface area (Å²) in [5.41, 5.74) is 1.96. The van der Waals surface area contributed by atoms with Gasteiger partial charge in [-0.1, -0.05) is 30.3 Å². The van der Waals surface area contributed by atoms with Gasteiger partial charge in [-0.15, -0.1) is 11.8 Å². The lowest BCUT2D eigenvalue weighted by atomic mass is 10.1. The zero-order valence-corrected chi connectivity index (χ0v) is 15.2. The molecule has 1 atom stereocenters. The zero-order valence-electron chi connectivity index (χ0n) is 13.5. The first-order valence-corrected chi connectivity index (χ1v) is 9.91. The molecule has 0 spiro atoms. The molecule has 0 radical (unpaired) electrons. The highest BCUT2D eigenvalue weighted by Crippen LogP contribution is 2.22. The second-order valence-electron chi connectivity index (χ2n) is 5.46. The van der Waals surface area contributed by atoms with E-state index < -0.39 is 10.0 Å². The Kier molecular flexibility index (Phi) is 6.04. The van der Waals surface area contributed by atoms with E-state index in [1.807, 2.05) is 38.1 Å². The van der Waals surface area contributed by atoms with Crippen LogP contribution in [0.4, 0.5) is 0 Å². The van der Waals surface area contributed by atoms with Gasteiger partial charge in [0.25, 0.3) is 0 Å². The molecule has 5 nitrogen and oxygen atoms in total. The number of primary sulfonamides is 1. The van der Waals surface area contributed by atoms with Gasteiger partial charge in [-0.2, -0.15) is 0 Å². The molecule has 0 aliphatic rings. The summed E-state index contributed by atoms with van der Waals surface area (Å²) in [5.74, 6) is 0.246. The van der Waals surface area contributed by atoms with E-state index >= 15 is 0 Å². The minimum atomic E-state index is -3.70. The molecule has 1 amide bonds. The Morgan fingerprint density at radius 2 is 1.79 bits per heavy atom. The molecule has 0 unspecified atom stereocenters. The number of benzene rings is 2. The maximum atomic E-state index is 12.1. The maximum Gasteiger partial charge on any atom is 0.238 e. The van der Waals surface area contributed by atoms with E-state index in [0.29, 0.717) is 5.75 Å². The largest absolute Gasteiger partial charge is 0.349 e. The molecule has 0 aromatic heterocycles. The van der Waals surface area contributed by atoms with E-state index in [4.69, 9.17) is 5.14 Å². The van der Waals surface area contributed by atoms with Crippen LogP contribution < -0.4 is 10.5 Å². The highest BCUT2D eigenvalue weighted by molar-refractivity contribution is 8.00. The van der Waals surface area contributed by atoms with E-state index in [9.17, 15) is 13.2 Å². The summed E-state index contributed by atoms with van der Waals surface area (Å²) in [6.45, 7) is 3.86. The van der Waals surface area contributed by atoms with Crippen molar-refractivity contribution < 1.29 is 13.2 Å². The van der Waals surface area contributed by atoms with E-state index in [1.165, 1.54) is 23.9 Å². The number of nitrogens with two attached hydrogens (primary N) is 1. The lowest BCUT2D eigenvalue weighted by Crippen LogP contribution is -2.28. The molecule has 0 saturated carbocycles. The predicted molar refractivity (Wildman–Crippen MR) is 96.3 cm³/mol. The first-order valence-electron chi connectivity index (χ1n) is 7.38. The standard InChI is InChI=1S/C17H20N2O3S2/c1-12-5-3-4-6-16(12)23-11-17(20)19-13(2)14-7-9-15(10-8-14)24(18,21)22/h3-10,13H,11H2,1-2H3,(H,19,20)(H2,18,21,22)/t13-/m0/s1. The van der Waals surface area contributed by atoms with Crippen molar-refractivity contribution in [3.05, 3.63) is 59.7 Å². The summed E-state index contributed by atoms with van der Waals surface area (Å²) in [4.78, 5) is 13.2. The third kappa shape index (κ3) is 5.09. The van der Waals surface area contributed by atoms with Gasteiger partial charge in [0.1, 0.15) is 0 Å². The van der Waals surface area contributed by atoms with Gasteiger partial charge < -0.3 is 5.32 Å². The fourth-order valence-corrected chi connectivity index (χ4v) is 3.53. The molecule has 0 aliphatic carbocycles. The van der Waals surface area contributed by atoms with Gasteiger partial charge in [-0.05, 0) is 43.2 Å². The molecular formula is C17H20N2O3S2. The van der Waals surface area contributed by atoms with Crippen LogP contribution in [0.2, 0.25) is 0 Å². The van der Waals surface area contributed by atoms with Gasteiger partial charge in [0.05, 0.1) is 16.7 Å². The summed E-state index contributed by atoms with van der Waals surface area (Å²) in [6, 6.07) is 13.9. The molecule has 2 rings (SSSR count). The number of carbonyl (C=O) groups excluding carboxylic acids is 1. The molecule has 7 heteroatoms. The van der Waals surface area contributed by atoms with Crippen LogP contribution >= 0.6 is 11.8 Å². The molecule has 0 bridgehead atoms. The van der Waals surface area contributed by atoms with Crippen molar-refractivity contribution in [1.82, 2.24) is 5.32 Å². The Bertz CT molecular complexity index is 818. The minimum absolute atomic E-state index is 0.0554. The van der Waals surface area contributed by atoms with Gasteiger partial charge in [-0.25, -0.2) is 13.6 Å². The number of nitrogens with one attached hydrogen (secondary N) is 1. The fourth-order valence-electron chi connectivity index (χ4n) is 2.17. The van der Waals surface area contributed by atoms with Crippen molar-refractivity contribution in [2.45, 2.75) is 29.7 Å². The van der Waals surface area contributed by atoms with Crippen LogP contribution in [-0.2, 0) is 14.8 Å². The molecule has 0 aliphatic heterocycles. The predicted octanol–water partition coefficient (Wildman–Crippen LogP) is 2.61. The number of rotatable bonds is 6. The van der Waals surface area contributed by atoms with Crippen LogP contribution in [-0.4, -0.2) is 20.1 Å². The van der Waals surface area contributed by atoms with Crippen LogP contribution in [0, 0.1) is 6.92 Å². The van der Waals surface area contributed by atoms with Crippen LogP contribution in [0.25, 0.3) is 0 Å². The number of thioether (sulfide) groups is 1. The Labute approximate surface area is 146 Å². The first kappa shape index (κ1) is 18.5. The second-order valence-corrected chi connectivity index (χ2v) is 8.04. The molecule has 24 heavy (non-hydrogen) atoms. The summed E-state index contributed by atoms with van der Waals surface area (Å²) < 4.78 is 22.5. The number of hydrogen-bond acceptors (Lipinski definition) is 4. The van der Waals surface area contributed by atoms with E-state index in [1.54, 1.807) is 12.1 Å². The zero-order chi connectivity index (χ0) is 17.7. The van der Waals surface area contributed by atoms with Gasteiger partial charge in [0.2, 0.25) is 15.9 Å². The van der Waals surface area contributed by atoms with E-state index in [-0.39, 0.29) is 16.8 Å². The summed E-state index contributed by atoms with van der Waals surface area (Å²) >= 11 is 1.49. The van der Waals surface area contributed by atoms with Gasteiger partial charge >= 0.3 is 0 Å². The minimum Gasteiger partial charge on any atom is -0.349 e. The fraction of sp³-hybridized carbons (Fsp3) is 0.235. The van der Waals surface area contributed by atoms with Crippen LogP contribution in [0.5, 0.6) is 0 Å². The number of aryl methyl sites for hydroxylation is 1. The third-order valence-corrected chi connectivity index (χ3v) is 5.64. The Morgan fingerprint density at radius 1 is 1.17 bits per heavy atom. The lowest BCUT2D eigenvalue weighted by molar-refractivity contribution is -0.119. The monoisotopic (exact) mass is 364 g/mol. The SMILES string of the molecule is Cc1ccccc1SCC(=O)N[C@@H](C)c1ccc(S(N)(=O)=O)cc1. The number of hydrogen-bond donors (Lipinski definition) is 2. The van der Waals surface area contributed by atoms with E-state index in [0.717, 1.165) is 16.0 Å². The Hall–Kier alpha value is -1.83. The lowest BCUT2D eigenvalue weighted by Gasteiger charge is -2.15. The topological polar surface area (TPSA) is 89.3 Å². The molecule has 0 heterocycles. The Balaban J connectivity index is 1.93.